The molecule has 1 amide bonds. The normalized spacial score (nSPS) is 13.5. The first-order valence-corrected chi connectivity index (χ1v) is 8.44. The number of benzene rings is 1. The molecule has 0 spiro atoms. The second kappa shape index (κ2) is 5.09. The van der Waals surface area contributed by atoms with Gasteiger partial charge in [0, 0.05) is 16.8 Å². The lowest BCUT2D eigenvalue weighted by molar-refractivity contribution is -0.278. The monoisotopic (exact) mass is 326 g/mol. The Labute approximate surface area is 137 Å². The molecule has 3 heterocycles. The first kappa shape index (κ1) is 14.3. The number of nitrogens with one attached hydrogen (secondary N) is 1. The molecule has 1 aromatic carbocycles. The Morgan fingerprint density at radius 3 is 2.96 bits per heavy atom. The van der Waals surface area contributed by atoms with Crippen LogP contribution in [0.3, 0.4) is 0 Å². The summed E-state index contributed by atoms with van der Waals surface area (Å²) in [6, 6.07) is 5.81. The summed E-state index contributed by atoms with van der Waals surface area (Å²) in [4.78, 5) is 18.1. The number of amides is 1. The van der Waals surface area contributed by atoms with Crippen LogP contribution in [0.4, 0.5) is 5.13 Å². The van der Waals surface area contributed by atoms with Crippen LogP contribution < -0.4 is 10.4 Å². The maximum Gasteiger partial charge on any atom is 0.258 e. The molecule has 6 heteroatoms. The van der Waals surface area contributed by atoms with E-state index in [1.807, 2.05) is 32.0 Å². The highest BCUT2D eigenvalue weighted by Crippen LogP contribution is 2.35. The van der Waals surface area contributed by atoms with E-state index in [2.05, 4.69) is 10.3 Å². The highest BCUT2D eigenvalue weighted by molar-refractivity contribution is 7.15. The second-order valence-electron chi connectivity index (χ2n) is 5.86. The lowest BCUT2D eigenvalue weighted by Gasteiger charge is -2.20. The average molecular weight is 326 g/mol. The van der Waals surface area contributed by atoms with Gasteiger partial charge in [0.15, 0.2) is 5.13 Å². The fourth-order valence-electron chi connectivity index (χ4n) is 3.21. The first-order valence-electron chi connectivity index (χ1n) is 7.62. The Kier molecular flexibility index (Phi) is 3.16. The van der Waals surface area contributed by atoms with E-state index in [4.69, 9.17) is 0 Å². The van der Waals surface area contributed by atoms with E-state index in [1.54, 1.807) is 4.57 Å². The number of anilines is 1. The molecule has 1 aliphatic heterocycles. The van der Waals surface area contributed by atoms with Crippen LogP contribution in [0, 0.1) is 13.8 Å². The Morgan fingerprint density at radius 2 is 2.22 bits per heavy atom. The van der Waals surface area contributed by atoms with Gasteiger partial charge in [-0.15, -0.1) is 11.3 Å². The summed E-state index contributed by atoms with van der Waals surface area (Å²) in [7, 11) is 0. The molecule has 1 N–H and O–H groups in total. The van der Waals surface area contributed by atoms with E-state index in [0.717, 1.165) is 39.9 Å². The molecule has 0 aliphatic carbocycles. The highest BCUT2D eigenvalue weighted by Gasteiger charge is 2.22. The zero-order valence-corrected chi connectivity index (χ0v) is 13.8. The minimum absolute atomic E-state index is 0.199. The molecule has 0 fully saturated rings. The maximum atomic E-state index is 12.7. The summed E-state index contributed by atoms with van der Waals surface area (Å²) in [5, 5.41) is 16.8. The van der Waals surface area contributed by atoms with Gasteiger partial charge in [0.05, 0.1) is 16.8 Å². The Balaban J connectivity index is 1.81. The summed E-state index contributed by atoms with van der Waals surface area (Å²) in [6.07, 6.45) is 1.88. The van der Waals surface area contributed by atoms with Crippen LogP contribution in [0.1, 0.15) is 32.9 Å². The molecule has 23 heavy (non-hydrogen) atoms. The number of nitrogens with zero attached hydrogens (tertiary/aromatic N) is 2. The highest BCUT2D eigenvalue weighted by atomic mass is 32.1. The molecule has 2 aromatic heterocycles. The lowest BCUT2D eigenvalue weighted by atomic mass is 10.0. The van der Waals surface area contributed by atoms with Crippen LogP contribution in [0.25, 0.3) is 10.9 Å². The van der Waals surface area contributed by atoms with Crippen molar-refractivity contribution >= 4 is 33.3 Å². The van der Waals surface area contributed by atoms with E-state index in [0.29, 0.717) is 11.7 Å². The Morgan fingerprint density at radius 1 is 1.39 bits per heavy atom. The van der Waals surface area contributed by atoms with Gasteiger partial charge >= 0.3 is 0 Å². The zero-order valence-electron chi connectivity index (χ0n) is 13.0. The van der Waals surface area contributed by atoms with Crippen LogP contribution in [-0.4, -0.2) is 15.5 Å². The molecular weight excluding hydrogens is 310 g/mol. The third kappa shape index (κ3) is 2.13. The molecule has 0 atom stereocenters. The molecule has 118 valence electrons. The molecular formula is C17H16N3O2S-. The summed E-state index contributed by atoms with van der Waals surface area (Å²) in [5.41, 5.74) is 3.19. The van der Waals surface area contributed by atoms with Crippen molar-refractivity contribution in [1.29, 1.82) is 0 Å². The van der Waals surface area contributed by atoms with Gasteiger partial charge in [0.2, 0.25) is 0 Å². The van der Waals surface area contributed by atoms with Gasteiger partial charge in [0.1, 0.15) is 0 Å². The van der Waals surface area contributed by atoms with Crippen molar-refractivity contribution in [3.63, 3.8) is 0 Å². The van der Waals surface area contributed by atoms with Gasteiger partial charge in [-0.05, 0) is 38.1 Å². The number of hydrogen-bond acceptors (Lipinski definition) is 4. The van der Waals surface area contributed by atoms with Crippen molar-refractivity contribution in [2.45, 2.75) is 33.2 Å². The number of aryl methyl sites for hydroxylation is 4. The number of aromatic nitrogens is 2. The number of hydrogen-bond donors (Lipinski definition) is 1. The van der Waals surface area contributed by atoms with Gasteiger partial charge in [-0.25, -0.2) is 4.98 Å². The third-order valence-electron chi connectivity index (χ3n) is 4.42. The van der Waals surface area contributed by atoms with Crippen LogP contribution in [0.5, 0.6) is 5.88 Å². The molecule has 0 saturated heterocycles. The first-order chi connectivity index (χ1) is 11.1. The molecule has 0 radical (unpaired) electrons. The number of carbonyl (C=O) groups excluding carboxylic acids is 1. The van der Waals surface area contributed by atoms with Crippen molar-refractivity contribution in [2.24, 2.45) is 0 Å². The lowest BCUT2D eigenvalue weighted by Crippen LogP contribution is -2.15. The average Bonchev–Trinajstić information content (AvgIpc) is 2.99. The molecule has 0 bridgehead atoms. The number of rotatable bonds is 2. The fraction of sp³-hybridized carbons (Fsp3) is 0.294. The van der Waals surface area contributed by atoms with Crippen LogP contribution in [-0.2, 0) is 13.0 Å². The molecule has 4 rings (SSSR count). The van der Waals surface area contributed by atoms with Crippen molar-refractivity contribution in [3.05, 3.63) is 39.9 Å². The molecule has 1 aliphatic rings. The minimum atomic E-state index is -0.369. The Hall–Kier alpha value is -2.34. The zero-order chi connectivity index (χ0) is 16.1. The van der Waals surface area contributed by atoms with Crippen LogP contribution in [0.2, 0.25) is 0 Å². The number of para-hydroxylation sites is 1. The quantitative estimate of drug-likeness (QED) is 0.787. The smallest absolute Gasteiger partial charge is 0.258 e. The molecule has 3 aromatic rings. The molecule has 0 unspecified atom stereocenters. The van der Waals surface area contributed by atoms with Crippen molar-refractivity contribution in [2.75, 3.05) is 5.32 Å². The summed E-state index contributed by atoms with van der Waals surface area (Å²) >= 11 is 1.42. The minimum Gasteiger partial charge on any atom is -0.859 e. The standard InChI is InChI=1S/C17H17N3O2S/c1-9-10(2)23-17(18-9)19-15(21)13-12-7-3-5-11-6-4-8-20(14(11)12)16(13)22/h3,5,7,22H,4,6,8H2,1-2H3,(H,18,19,21)/p-1. The van der Waals surface area contributed by atoms with E-state index in [-0.39, 0.29) is 17.4 Å². The third-order valence-corrected chi connectivity index (χ3v) is 5.41. The van der Waals surface area contributed by atoms with Crippen molar-refractivity contribution < 1.29 is 9.90 Å². The van der Waals surface area contributed by atoms with Crippen LogP contribution in [0.15, 0.2) is 18.2 Å². The molecule has 0 saturated carbocycles. The second-order valence-corrected chi connectivity index (χ2v) is 7.07. The number of carbonyl (C=O) groups is 1. The SMILES string of the molecule is Cc1nc(NC(=O)c2c([O-])n3c4c(cccc24)CCC3)sc1C. The summed E-state index contributed by atoms with van der Waals surface area (Å²) in [5.74, 6) is -0.568. The van der Waals surface area contributed by atoms with E-state index < -0.39 is 0 Å². The topological polar surface area (TPSA) is 70.0 Å². The van der Waals surface area contributed by atoms with E-state index in [9.17, 15) is 9.90 Å². The molecule has 5 nitrogen and oxygen atoms in total. The van der Waals surface area contributed by atoms with Crippen LogP contribution >= 0.6 is 11.3 Å². The fourth-order valence-corrected chi connectivity index (χ4v) is 4.02. The van der Waals surface area contributed by atoms with Gasteiger partial charge in [-0.3, -0.25) is 10.1 Å². The predicted octanol–water partition coefficient (Wildman–Crippen LogP) is 2.99. The van der Waals surface area contributed by atoms with Gasteiger partial charge < -0.3 is 9.67 Å². The van der Waals surface area contributed by atoms with Gasteiger partial charge in [-0.2, -0.15) is 0 Å². The van der Waals surface area contributed by atoms with Gasteiger partial charge in [0.25, 0.3) is 5.91 Å². The van der Waals surface area contributed by atoms with E-state index >= 15 is 0 Å². The summed E-state index contributed by atoms with van der Waals surface area (Å²) < 4.78 is 1.74. The maximum absolute atomic E-state index is 12.7. The Bertz CT molecular complexity index is 920. The summed E-state index contributed by atoms with van der Waals surface area (Å²) in [6.45, 7) is 4.54. The number of thiazole rings is 1. The largest absolute Gasteiger partial charge is 0.859 e. The van der Waals surface area contributed by atoms with E-state index in [1.165, 1.54) is 11.3 Å². The predicted molar refractivity (Wildman–Crippen MR) is 89.2 cm³/mol. The van der Waals surface area contributed by atoms with Gasteiger partial charge in [-0.1, -0.05) is 18.2 Å². The van der Waals surface area contributed by atoms with Crippen molar-refractivity contribution in [1.82, 2.24) is 9.55 Å². The van der Waals surface area contributed by atoms with Crippen molar-refractivity contribution in [3.8, 4) is 5.88 Å².